The average molecular weight is 367 g/mol. The zero-order valence-corrected chi connectivity index (χ0v) is 15.9. The van der Waals surface area contributed by atoms with E-state index in [9.17, 15) is 14.7 Å². The first-order valence-electron chi connectivity index (χ1n) is 8.62. The van der Waals surface area contributed by atoms with Crippen molar-refractivity contribution in [3.8, 4) is 0 Å². The summed E-state index contributed by atoms with van der Waals surface area (Å²) in [4.78, 5) is 26.7. The van der Waals surface area contributed by atoms with Gasteiger partial charge in [-0.15, -0.1) is 11.3 Å². The van der Waals surface area contributed by atoms with Gasteiger partial charge < -0.3 is 19.5 Å². The third-order valence-corrected chi connectivity index (χ3v) is 5.94. The molecule has 2 aliphatic heterocycles. The number of nitrogens with zero attached hydrogens (tertiary/aromatic N) is 1. The van der Waals surface area contributed by atoms with Crippen LogP contribution in [0, 0.1) is 0 Å². The van der Waals surface area contributed by atoms with Crippen LogP contribution in [0.2, 0.25) is 0 Å². The van der Waals surface area contributed by atoms with Gasteiger partial charge in [0.1, 0.15) is 16.1 Å². The van der Waals surface area contributed by atoms with Gasteiger partial charge in [0.2, 0.25) is 0 Å². The minimum absolute atomic E-state index is 0.0387. The molecule has 0 aromatic carbocycles. The summed E-state index contributed by atoms with van der Waals surface area (Å²) in [6.45, 7) is 8.67. The Labute approximate surface area is 151 Å². The number of likely N-dealkylation sites (tertiary alicyclic amines) is 1. The predicted molar refractivity (Wildman–Crippen MR) is 94.2 cm³/mol. The molecule has 3 rings (SSSR count). The van der Waals surface area contributed by atoms with Crippen LogP contribution in [-0.2, 0) is 21.5 Å². The molecule has 25 heavy (non-hydrogen) atoms. The van der Waals surface area contributed by atoms with Crippen LogP contribution in [-0.4, -0.2) is 46.9 Å². The number of aromatic carboxylic acids is 1. The summed E-state index contributed by atoms with van der Waals surface area (Å²) in [7, 11) is 0. The highest BCUT2D eigenvalue weighted by atomic mass is 32.1. The lowest BCUT2D eigenvalue weighted by Crippen LogP contribution is -2.50. The monoisotopic (exact) mass is 367 g/mol. The van der Waals surface area contributed by atoms with E-state index in [2.05, 4.69) is 0 Å². The minimum Gasteiger partial charge on any atom is -0.477 e. The van der Waals surface area contributed by atoms with Gasteiger partial charge in [0.25, 0.3) is 0 Å². The maximum atomic E-state index is 12.3. The Morgan fingerprint density at radius 3 is 2.56 bits per heavy atom. The molecule has 1 aromatic rings. The van der Waals surface area contributed by atoms with Crippen LogP contribution in [0.1, 0.15) is 60.6 Å². The smallest absolute Gasteiger partial charge is 0.410 e. The van der Waals surface area contributed by atoms with Crippen molar-refractivity contribution in [3.05, 3.63) is 21.4 Å². The topological polar surface area (TPSA) is 76.1 Å². The molecule has 0 bridgehead atoms. The number of carbonyl (C=O) groups excluding carboxylic acids is 1. The average Bonchev–Trinajstić information content (AvgIpc) is 2.91. The molecule has 0 unspecified atom stereocenters. The van der Waals surface area contributed by atoms with Gasteiger partial charge in [-0.3, -0.25) is 0 Å². The molecule has 1 N–H and O–H groups in total. The summed E-state index contributed by atoms with van der Waals surface area (Å²) in [5.41, 5.74) is 0.0790. The van der Waals surface area contributed by atoms with E-state index in [4.69, 9.17) is 9.47 Å². The van der Waals surface area contributed by atoms with Crippen molar-refractivity contribution in [2.75, 3.05) is 13.1 Å². The highest BCUT2D eigenvalue weighted by molar-refractivity contribution is 7.14. The van der Waals surface area contributed by atoms with Gasteiger partial charge >= 0.3 is 12.1 Å². The molecule has 1 saturated heterocycles. The highest BCUT2D eigenvalue weighted by Gasteiger charge is 2.45. The third-order valence-electron chi connectivity index (χ3n) is 4.59. The van der Waals surface area contributed by atoms with Crippen LogP contribution < -0.4 is 0 Å². The van der Waals surface area contributed by atoms with Crippen LogP contribution >= 0.6 is 11.3 Å². The molecule has 0 radical (unpaired) electrons. The number of hydrogen-bond acceptors (Lipinski definition) is 5. The van der Waals surface area contributed by atoms with Gasteiger partial charge in [-0.2, -0.15) is 0 Å². The molecule has 1 amide bonds. The number of rotatable bonds is 1. The predicted octanol–water partition coefficient (Wildman–Crippen LogP) is 3.63. The molecule has 0 aliphatic carbocycles. The van der Waals surface area contributed by atoms with E-state index < -0.39 is 17.2 Å². The fourth-order valence-electron chi connectivity index (χ4n) is 3.58. The van der Waals surface area contributed by atoms with E-state index in [1.54, 1.807) is 11.0 Å². The van der Waals surface area contributed by atoms with Crippen LogP contribution in [0.5, 0.6) is 0 Å². The number of carboxylic acid groups (broad SMARTS) is 1. The second kappa shape index (κ2) is 6.29. The van der Waals surface area contributed by atoms with Crippen LogP contribution in [0.4, 0.5) is 4.79 Å². The minimum atomic E-state index is -0.895. The van der Waals surface area contributed by atoms with Crippen molar-refractivity contribution in [1.82, 2.24) is 4.90 Å². The Kier molecular flexibility index (Phi) is 4.58. The van der Waals surface area contributed by atoms with Gasteiger partial charge in [0, 0.05) is 18.0 Å². The van der Waals surface area contributed by atoms with Crippen molar-refractivity contribution >= 4 is 23.4 Å². The number of piperidine rings is 1. The van der Waals surface area contributed by atoms with Crippen molar-refractivity contribution in [3.63, 3.8) is 0 Å². The summed E-state index contributed by atoms with van der Waals surface area (Å²) in [5.74, 6) is -0.895. The quantitative estimate of drug-likeness (QED) is 0.820. The number of hydrogen-bond donors (Lipinski definition) is 1. The maximum absolute atomic E-state index is 12.3. The first kappa shape index (κ1) is 18.2. The Hall–Kier alpha value is -1.60. The van der Waals surface area contributed by atoms with E-state index in [-0.39, 0.29) is 12.2 Å². The Bertz CT molecular complexity index is 682. The number of carboxylic acids is 1. The molecule has 7 heteroatoms. The largest absolute Gasteiger partial charge is 0.477 e. The molecule has 1 atom stereocenters. The summed E-state index contributed by atoms with van der Waals surface area (Å²) in [5, 5.41) is 9.31. The van der Waals surface area contributed by atoms with Crippen LogP contribution in [0.3, 0.4) is 0 Å². The summed E-state index contributed by atoms with van der Waals surface area (Å²) in [6.07, 6.45) is 1.78. The second-order valence-electron chi connectivity index (χ2n) is 7.86. The molecular weight excluding hydrogens is 342 g/mol. The lowest BCUT2D eigenvalue weighted by molar-refractivity contribution is -0.129. The lowest BCUT2D eigenvalue weighted by Gasteiger charge is -2.45. The van der Waals surface area contributed by atoms with Gasteiger partial charge in [-0.25, -0.2) is 9.59 Å². The molecule has 3 heterocycles. The molecular formula is C18H25NO5S. The fraction of sp³-hybridized carbons (Fsp3) is 0.667. The number of amides is 1. The first-order valence-corrected chi connectivity index (χ1v) is 9.43. The number of carbonyl (C=O) groups is 2. The molecule has 1 spiro atoms. The molecule has 2 aliphatic rings. The second-order valence-corrected chi connectivity index (χ2v) is 8.92. The van der Waals surface area contributed by atoms with E-state index in [0.29, 0.717) is 30.8 Å². The molecule has 138 valence electrons. The Morgan fingerprint density at radius 1 is 1.36 bits per heavy atom. The van der Waals surface area contributed by atoms with Gasteiger partial charge in [0.15, 0.2) is 0 Å². The summed E-state index contributed by atoms with van der Waals surface area (Å²) in [6, 6.07) is 1.78. The summed E-state index contributed by atoms with van der Waals surface area (Å²) < 4.78 is 11.8. The van der Waals surface area contributed by atoms with Crippen molar-refractivity contribution < 1.29 is 24.2 Å². The molecule has 0 saturated carbocycles. The Balaban J connectivity index is 1.79. The van der Waals surface area contributed by atoms with E-state index >= 15 is 0 Å². The van der Waals surface area contributed by atoms with Crippen LogP contribution in [0.15, 0.2) is 6.07 Å². The number of fused-ring (bicyclic) bond motifs is 2. The first-order chi connectivity index (χ1) is 11.6. The molecule has 1 fully saturated rings. The zero-order valence-electron chi connectivity index (χ0n) is 15.1. The van der Waals surface area contributed by atoms with Crippen molar-refractivity contribution in [2.24, 2.45) is 0 Å². The van der Waals surface area contributed by atoms with Crippen molar-refractivity contribution in [1.29, 1.82) is 0 Å². The normalized spacial score (nSPS) is 22.6. The number of ether oxygens (including phenoxy) is 2. The van der Waals surface area contributed by atoms with Crippen LogP contribution in [0.25, 0.3) is 0 Å². The van der Waals surface area contributed by atoms with Gasteiger partial charge in [0.05, 0.1) is 6.10 Å². The summed E-state index contributed by atoms with van der Waals surface area (Å²) >= 11 is 1.31. The van der Waals surface area contributed by atoms with E-state index in [1.807, 2.05) is 27.7 Å². The lowest BCUT2D eigenvalue weighted by atomic mass is 9.84. The highest BCUT2D eigenvalue weighted by Crippen LogP contribution is 2.47. The molecule has 6 nitrogen and oxygen atoms in total. The standard InChI is InChI=1S/C18H25NO5S/c1-11-9-12-10-13(15(20)21)25-14(12)18(23-11)5-7-19(8-6-18)16(22)24-17(2,3)4/h10-11H,5-9H2,1-4H3,(H,20,21)/t11-/m0/s1. The van der Waals surface area contributed by atoms with E-state index in [1.165, 1.54) is 11.3 Å². The third kappa shape index (κ3) is 3.67. The fourth-order valence-corrected chi connectivity index (χ4v) is 4.80. The maximum Gasteiger partial charge on any atom is 0.410 e. The van der Waals surface area contributed by atoms with Crippen molar-refractivity contribution in [2.45, 2.75) is 64.3 Å². The molecule has 1 aromatic heterocycles. The zero-order chi connectivity index (χ0) is 18.4. The number of thiophene rings is 1. The Morgan fingerprint density at radius 2 is 2.00 bits per heavy atom. The SMILES string of the molecule is C[C@H]1Cc2cc(C(=O)O)sc2C2(CCN(C(=O)OC(C)(C)C)CC2)O1. The van der Waals surface area contributed by atoms with Gasteiger partial charge in [-0.05, 0) is 58.6 Å². The van der Waals surface area contributed by atoms with E-state index in [0.717, 1.165) is 16.9 Å². The van der Waals surface area contributed by atoms with Gasteiger partial charge in [-0.1, -0.05) is 0 Å².